The number of sulfonamides is 1. The zero-order valence-corrected chi connectivity index (χ0v) is 14.9. The van der Waals surface area contributed by atoms with Gasteiger partial charge in [0.2, 0.25) is 15.9 Å². The number of nitrogens with one attached hydrogen (secondary N) is 2. The molecule has 0 aliphatic heterocycles. The Kier molecular flexibility index (Phi) is 5.47. The molecule has 2 N–H and O–H groups in total. The van der Waals surface area contributed by atoms with Crippen molar-refractivity contribution in [1.82, 2.24) is 4.72 Å². The van der Waals surface area contributed by atoms with Gasteiger partial charge in [0.15, 0.2) is 0 Å². The highest BCUT2D eigenvalue weighted by Crippen LogP contribution is 2.27. The summed E-state index contributed by atoms with van der Waals surface area (Å²) in [5.74, 6) is 0.492. The van der Waals surface area contributed by atoms with Crippen molar-refractivity contribution >= 4 is 21.6 Å². The van der Waals surface area contributed by atoms with E-state index >= 15 is 0 Å². The van der Waals surface area contributed by atoms with Crippen LogP contribution >= 0.6 is 0 Å². The molecule has 2 rings (SSSR count). The summed E-state index contributed by atoms with van der Waals surface area (Å²) in [7, 11) is -3.54. The van der Waals surface area contributed by atoms with E-state index in [0.717, 1.165) is 12.8 Å². The van der Waals surface area contributed by atoms with Crippen LogP contribution in [0.2, 0.25) is 0 Å². The summed E-state index contributed by atoms with van der Waals surface area (Å²) in [6.07, 6.45) is 5.23. The van der Waals surface area contributed by atoms with E-state index < -0.39 is 15.6 Å². The monoisotopic (exact) mass is 338 g/mol. The molecule has 0 unspecified atom stereocenters. The first-order valence-electron chi connectivity index (χ1n) is 8.10. The maximum absolute atomic E-state index is 12.2. The summed E-state index contributed by atoms with van der Waals surface area (Å²) < 4.78 is 27.0. The Morgan fingerprint density at radius 1 is 1.13 bits per heavy atom. The van der Waals surface area contributed by atoms with Crippen LogP contribution in [-0.4, -0.2) is 19.9 Å². The van der Waals surface area contributed by atoms with Crippen molar-refractivity contribution in [2.45, 2.75) is 63.3 Å². The molecule has 1 aliphatic carbocycles. The molecule has 0 bridgehead atoms. The molecule has 0 aromatic heterocycles. The molecule has 1 aromatic carbocycles. The maximum atomic E-state index is 12.2. The van der Waals surface area contributed by atoms with Gasteiger partial charge in [0, 0.05) is 17.6 Å². The van der Waals surface area contributed by atoms with Gasteiger partial charge in [0.1, 0.15) is 0 Å². The van der Waals surface area contributed by atoms with Gasteiger partial charge in [-0.05, 0) is 63.8 Å². The van der Waals surface area contributed by atoms with Gasteiger partial charge in [0.25, 0.3) is 0 Å². The lowest BCUT2D eigenvalue weighted by Gasteiger charge is -2.20. The van der Waals surface area contributed by atoms with Crippen LogP contribution in [-0.2, 0) is 14.8 Å². The Bertz CT molecular complexity index is 639. The molecule has 1 amide bonds. The van der Waals surface area contributed by atoms with E-state index in [1.807, 2.05) is 0 Å². The molecular formula is C17H26N2O3S. The van der Waals surface area contributed by atoms with Crippen LogP contribution in [0, 0.1) is 5.92 Å². The molecule has 0 heterocycles. The van der Waals surface area contributed by atoms with Gasteiger partial charge in [-0.2, -0.15) is 0 Å². The van der Waals surface area contributed by atoms with Gasteiger partial charge < -0.3 is 5.32 Å². The number of carbonyl (C=O) groups is 1. The second-order valence-corrected chi connectivity index (χ2v) is 8.97. The van der Waals surface area contributed by atoms with Crippen molar-refractivity contribution in [3.63, 3.8) is 0 Å². The molecule has 1 fully saturated rings. The zero-order chi connectivity index (χ0) is 17.1. The Balaban J connectivity index is 1.97. The molecule has 1 aromatic rings. The predicted octanol–water partition coefficient (Wildman–Crippen LogP) is 3.28. The number of hydrogen-bond acceptors (Lipinski definition) is 3. The average molecular weight is 338 g/mol. The van der Waals surface area contributed by atoms with Crippen molar-refractivity contribution in [3.8, 4) is 0 Å². The summed E-state index contributed by atoms with van der Waals surface area (Å²) in [6.45, 7) is 5.38. The van der Waals surface area contributed by atoms with Crippen molar-refractivity contribution in [3.05, 3.63) is 24.3 Å². The summed E-state index contributed by atoms with van der Waals surface area (Å²) in [4.78, 5) is 12.2. The normalized spacial score (nSPS) is 16.5. The van der Waals surface area contributed by atoms with Gasteiger partial charge in [-0.25, -0.2) is 13.1 Å². The van der Waals surface area contributed by atoms with E-state index in [2.05, 4.69) is 10.0 Å². The van der Waals surface area contributed by atoms with E-state index in [1.54, 1.807) is 32.9 Å². The van der Waals surface area contributed by atoms with E-state index in [-0.39, 0.29) is 10.8 Å². The third-order valence-electron chi connectivity index (χ3n) is 3.84. The highest BCUT2D eigenvalue weighted by Gasteiger charge is 2.22. The summed E-state index contributed by atoms with van der Waals surface area (Å²) in [6, 6.07) is 6.28. The van der Waals surface area contributed by atoms with E-state index in [9.17, 15) is 13.2 Å². The number of hydrogen-bond donors (Lipinski definition) is 2. The minimum Gasteiger partial charge on any atom is -0.326 e. The van der Waals surface area contributed by atoms with Crippen LogP contribution in [0.4, 0.5) is 5.69 Å². The van der Waals surface area contributed by atoms with Crippen LogP contribution in [0.1, 0.15) is 52.9 Å². The van der Waals surface area contributed by atoms with Crippen molar-refractivity contribution in [1.29, 1.82) is 0 Å². The van der Waals surface area contributed by atoms with E-state index in [0.29, 0.717) is 18.0 Å². The minimum absolute atomic E-state index is 0.000300. The van der Waals surface area contributed by atoms with Crippen LogP contribution in [0.15, 0.2) is 29.2 Å². The van der Waals surface area contributed by atoms with Crippen molar-refractivity contribution in [2.24, 2.45) is 5.92 Å². The fourth-order valence-electron chi connectivity index (χ4n) is 2.87. The molecule has 5 nitrogen and oxygen atoms in total. The molecular weight excluding hydrogens is 312 g/mol. The highest BCUT2D eigenvalue weighted by molar-refractivity contribution is 7.89. The quantitative estimate of drug-likeness (QED) is 0.865. The highest BCUT2D eigenvalue weighted by atomic mass is 32.2. The van der Waals surface area contributed by atoms with Gasteiger partial charge >= 0.3 is 0 Å². The van der Waals surface area contributed by atoms with Crippen LogP contribution in [0.5, 0.6) is 0 Å². The van der Waals surface area contributed by atoms with Gasteiger partial charge in [-0.3, -0.25) is 4.79 Å². The summed E-state index contributed by atoms with van der Waals surface area (Å²) >= 11 is 0. The average Bonchev–Trinajstić information content (AvgIpc) is 2.89. The van der Waals surface area contributed by atoms with Crippen LogP contribution < -0.4 is 10.0 Å². The Labute approximate surface area is 138 Å². The number of amides is 1. The molecule has 0 spiro atoms. The minimum atomic E-state index is -3.54. The number of carbonyl (C=O) groups excluding carboxylic acids is 1. The molecule has 0 atom stereocenters. The molecule has 0 radical (unpaired) electrons. The topological polar surface area (TPSA) is 75.3 Å². The molecule has 1 saturated carbocycles. The standard InChI is InChI=1S/C17H26N2O3S/c1-17(2,3)19-23(21,22)15-10-8-14(9-11-15)18-16(20)12-13-6-4-5-7-13/h8-11,13,19H,4-7,12H2,1-3H3,(H,18,20). The Morgan fingerprint density at radius 2 is 1.70 bits per heavy atom. The largest absolute Gasteiger partial charge is 0.326 e. The Morgan fingerprint density at radius 3 is 2.22 bits per heavy atom. The zero-order valence-electron chi connectivity index (χ0n) is 14.1. The summed E-state index contributed by atoms with van der Waals surface area (Å²) in [5, 5.41) is 2.84. The molecule has 0 saturated heterocycles. The number of rotatable bonds is 5. The van der Waals surface area contributed by atoms with Gasteiger partial charge in [-0.15, -0.1) is 0 Å². The first-order chi connectivity index (χ1) is 10.7. The van der Waals surface area contributed by atoms with Crippen LogP contribution in [0.25, 0.3) is 0 Å². The first-order valence-corrected chi connectivity index (χ1v) is 9.58. The molecule has 128 valence electrons. The van der Waals surface area contributed by atoms with Crippen LogP contribution in [0.3, 0.4) is 0 Å². The smallest absolute Gasteiger partial charge is 0.241 e. The SMILES string of the molecule is CC(C)(C)NS(=O)(=O)c1ccc(NC(=O)CC2CCCC2)cc1. The van der Waals surface area contributed by atoms with Crippen molar-refractivity contribution < 1.29 is 13.2 Å². The third kappa shape index (κ3) is 5.62. The second kappa shape index (κ2) is 7.01. The lowest BCUT2D eigenvalue weighted by atomic mass is 10.0. The fourth-order valence-corrected chi connectivity index (χ4v) is 4.29. The van der Waals surface area contributed by atoms with E-state index in [4.69, 9.17) is 0 Å². The van der Waals surface area contributed by atoms with Gasteiger partial charge in [0.05, 0.1) is 4.90 Å². The molecule has 23 heavy (non-hydrogen) atoms. The second-order valence-electron chi connectivity index (χ2n) is 7.28. The Hall–Kier alpha value is -1.40. The fraction of sp³-hybridized carbons (Fsp3) is 0.588. The lowest BCUT2D eigenvalue weighted by Crippen LogP contribution is -2.40. The third-order valence-corrected chi connectivity index (χ3v) is 5.61. The van der Waals surface area contributed by atoms with E-state index in [1.165, 1.54) is 25.0 Å². The number of anilines is 1. The lowest BCUT2D eigenvalue weighted by molar-refractivity contribution is -0.117. The molecule has 1 aliphatic rings. The molecule has 6 heteroatoms. The maximum Gasteiger partial charge on any atom is 0.241 e. The van der Waals surface area contributed by atoms with Crippen molar-refractivity contribution in [2.75, 3.05) is 5.32 Å². The number of benzene rings is 1. The van der Waals surface area contributed by atoms with Gasteiger partial charge in [-0.1, -0.05) is 12.8 Å². The predicted molar refractivity (Wildman–Crippen MR) is 91.7 cm³/mol. The summed E-state index contributed by atoms with van der Waals surface area (Å²) in [5.41, 5.74) is 0.0928. The first kappa shape index (κ1) is 17.9.